The molecule has 21 heavy (non-hydrogen) atoms. The Morgan fingerprint density at radius 1 is 1.43 bits per heavy atom. The van der Waals surface area contributed by atoms with Gasteiger partial charge >= 0.3 is 0 Å². The molecule has 0 aromatic heterocycles. The van der Waals surface area contributed by atoms with Gasteiger partial charge in [-0.05, 0) is 63.4 Å². The van der Waals surface area contributed by atoms with Gasteiger partial charge in [-0.25, -0.2) is 4.39 Å². The van der Waals surface area contributed by atoms with E-state index in [2.05, 4.69) is 24.2 Å². The number of likely N-dealkylation sites (N-methyl/N-ethyl adjacent to an activating group) is 1. The SMILES string of the molecule is CNC(C)c1cc(F)c(C)cc1N(C)CC1CCCCO1. The van der Waals surface area contributed by atoms with Crippen molar-refractivity contribution in [2.75, 3.05) is 32.1 Å². The first kappa shape index (κ1) is 16.2. The average molecular weight is 294 g/mol. The third-order valence-corrected chi connectivity index (χ3v) is 4.37. The maximum atomic E-state index is 13.9. The van der Waals surface area contributed by atoms with Crippen LogP contribution >= 0.6 is 0 Å². The van der Waals surface area contributed by atoms with Gasteiger partial charge in [0.2, 0.25) is 0 Å². The van der Waals surface area contributed by atoms with Crippen molar-refractivity contribution in [2.24, 2.45) is 0 Å². The summed E-state index contributed by atoms with van der Waals surface area (Å²) in [5.41, 5.74) is 2.78. The normalized spacial score (nSPS) is 20.3. The Labute approximate surface area is 127 Å². The van der Waals surface area contributed by atoms with Gasteiger partial charge < -0.3 is 15.0 Å². The van der Waals surface area contributed by atoms with Crippen molar-refractivity contribution in [3.63, 3.8) is 0 Å². The number of hydrogen-bond donors (Lipinski definition) is 1. The van der Waals surface area contributed by atoms with Crippen LogP contribution in [0.4, 0.5) is 10.1 Å². The molecular formula is C17H27FN2O. The summed E-state index contributed by atoms with van der Waals surface area (Å²) in [6.45, 7) is 5.59. The number of rotatable bonds is 5. The summed E-state index contributed by atoms with van der Waals surface area (Å²) >= 11 is 0. The molecule has 1 aliphatic rings. The molecule has 1 aromatic carbocycles. The highest BCUT2D eigenvalue weighted by atomic mass is 19.1. The van der Waals surface area contributed by atoms with Gasteiger partial charge in [0.15, 0.2) is 0 Å². The van der Waals surface area contributed by atoms with Crippen molar-refractivity contribution in [3.8, 4) is 0 Å². The van der Waals surface area contributed by atoms with Crippen molar-refractivity contribution < 1.29 is 9.13 Å². The van der Waals surface area contributed by atoms with Gasteiger partial charge in [-0.1, -0.05) is 0 Å². The molecule has 1 aromatic rings. The molecule has 0 spiro atoms. The van der Waals surface area contributed by atoms with Crippen molar-refractivity contribution in [1.29, 1.82) is 0 Å². The molecule has 0 radical (unpaired) electrons. The summed E-state index contributed by atoms with van der Waals surface area (Å²) in [6, 6.07) is 3.72. The van der Waals surface area contributed by atoms with Crippen molar-refractivity contribution in [1.82, 2.24) is 5.32 Å². The number of benzene rings is 1. The molecule has 0 amide bonds. The molecule has 118 valence electrons. The van der Waals surface area contributed by atoms with Gasteiger partial charge in [0.1, 0.15) is 5.82 Å². The Morgan fingerprint density at radius 2 is 2.19 bits per heavy atom. The summed E-state index contributed by atoms with van der Waals surface area (Å²) in [5.74, 6) is -0.141. The lowest BCUT2D eigenvalue weighted by molar-refractivity contribution is 0.0216. The summed E-state index contributed by atoms with van der Waals surface area (Å²) < 4.78 is 19.7. The number of anilines is 1. The standard InChI is InChI=1S/C17H27FN2O/c1-12-9-17(15(10-16(12)18)13(2)19-3)20(4)11-14-7-5-6-8-21-14/h9-10,13-14,19H,5-8,11H2,1-4H3. The zero-order valence-corrected chi connectivity index (χ0v) is 13.6. The average Bonchev–Trinajstić information content (AvgIpc) is 2.49. The predicted octanol–water partition coefficient (Wildman–Crippen LogP) is 3.42. The van der Waals surface area contributed by atoms with E-state index in [-0.39, 0.29) is 18.0 Å². The fourth-order valence-corrected chi connectivity index (χ4v) is 2.87. The molecule has 1 N–H and O–H groups in total. The van der Waals surface area contributed by atoms with Crippen LogP contribution in [-0.4, -0.2) is 33.4 Å². The van der Waals surface area contributed by atoms with Gasteiger partial charge in [0, 0.05) is 31.9 Å². The molecular weight excluding hydrogens is 267 g/mol. The number of nitrogens with zero attached hydrogens (tertiary/aromatic N) is 1. The summed E-state index contributed by atoms with van der Waals surface area (Å²) in [4.78, 5) is 2.20. The highest BCUT2D eigenvalue weighted by Gasteiger charge is 2.20. The molecule has 2 rings (SSSR count). The molecule has 0 bridgehead atoms. The Hall–Kier alpha value is -1.13. The first-order valence-electron chi connectivity index (χ1n) is 7.83. The van der Waals surface area contributed by atoms with E-state index in [9.17, 15) is 4.39 Å². The summed E-state index contributed by atoms with van der Waals surface area (Å²) in [7, 11) is 3.97. The van der Waals surface area contributed by atoms with E-state index in [4.69, 9.17) is 4.74 Å². The first-order valence-corrected chi connectivity index (χ1v) is 7.83. The van der Waals surface area contributed by atoms with Crippen LogP contribution in [0, 0.1) is 12.7 Å². The molecule has 0 aliphatic carbocycles. The van der Waals surface area contributed by atoms with Crippen LogP contribution in [0.5, 0.6) is 0 Å². The van der Waals surface area contributed by atoms with Gasteiger partial charge in [0.05, 0.1) is 6.10 Å². The molecule has 3 nitrogen and oxygen atoms in total. The van der Waals surface area contributed by atoms with Crippen molar-refractivity contribution in [3.05, 3.63) is 29.1 Å². The number of ether oxygens (including phenoxy) is 1. The summed E-state index contributed by atoms with van der Waals surface area (Å²) in [5, 5.41) is 3.20. The molecule has 2 atom stereocenters. The minimum absolute atomic E-state index is 0.116. The van der Waals surface area contributed by atoms with Crippen LogP contribution in [0.15, 0.2) is 12.1 Å². The molecule has 1 heterocycles. The van der Waals surface area contributed by atoms with Gasteiger partial charge in [0.25, 0.3) is 0 Å². The largest absolute Gasteiger partial charge is 0.376 e. The Kier molecular flexibility index (Phi) is 5.59. The second-order valence-corrected chi connectivity index (χ2v) is 6.04. The predicted molar refractivity (Wildman–Crippen MR) is 85.5 cm³/mol. The van der Waals surface area contributed by atoms with Crippen LogP contribution in [0.2, 0.25) is 0 Å². The third-order valence-electron chi connectivity index (χ3n) is 4.37. The smallest absolute Gasteiger partial charge is 0.126 e. The van der Waals surface area contributed by atoms with E-state index in [0.29, 0.717) is 5.56 Å². The van der Waals surface area contributed by atoms with Crippen LogP contribution in [0.3, 0.4) is 0 Å². The number of aryl methyl sites for hydroxylation is 1. The second-order valence-electron chi connectivity index (χ2n) is 6.04. The van der Waals surface area contributed by atoms with Crippen LogP contribution in [0.25, 0.3) is 0 Å². The monoisotopic (exact) mass is 294 g/mol. The van der Waals surface area contributed by atoms with Gasteiger partial charge in [-0.3, -0.25) is 0 Å². The summed E-state index contributed by atoms with van der Waals surface area (Å²) in [6.07, 6.45) is 3.80. The van der Waals surface area contributed by atoms with E-state index < -0.39 is 0 Å². The number of nitrogens with one attached hydrogen (secondary N) is 1. The molecule has 2 unspecified atom stereocenters. The lowest BCUT2D eigenvalue weighted by Gasteiger charge is -2.31. The van der Waals surface area contributed by atoms with E-state index in [1.54, 1.807) is 6.07 Å². The lowest BCUT2D eigenvalue weighted by Crippen LogP contribution is -2.34. The van der Waals surface area contributed by atoms with Crippen molar-refractivity contribution in [2.45, 2.75) is 45.3 Å². The zero-order chi connectivity index (χ0) is 15.4. The quantitative estimate of drug-likeness (QED) is 0.900. The maximum absolute atomic E-state index is 13.9. The highest BCUT2D eigenvalue weighted by Crippen LogP contribution is 2.29. The minimum Gasteiger partial charge on any atom is -0.376 e. The topological polar surface area (TPSA) is 24.5 Å². The van der Waals surface area contributed by atoms with Gasteiger partial charge in [-0.2, -0.15) is 0 Å². The molecule has 1 aliphatic heterocycles. The minimum atomic E-state index is -0.141. The van der Waals surface area contributed by atoms with E-state index in [1.807, 2.05) is 20.0 Å². The van der Waals surface area contributed by atoms with Crippen LogP contribution < -0.4 is 10.2 Å². The molecule has 4 heteroatoms. The fraction of sp³-hybridized carbons (Fsp3) is 0.647. The second kappa shape index (κ2) is 7.23. The van der Waals surface area contributed by atoms with Crippen LogP contribution in [-0.2, 0) is 4.74 Å². The van der Waals surface area contributed by atoms with Gasteiger partial charge in [-0.15, -0.1) is 0 Å². The maximum Gasteiger partial charge on any atom is 0.126 e. The molecule has 0 saturated carbocycles. The van der Waals surface area contributed by atoms with E-state index in [1.165, 1.54) is 6.42 Å². The van der Waals surface area contributed by atoms with E-state index in [0.717, 1.165) is 37.2 Å². The molecule has 1 fully saturated rings. The van der Waals surface area contributed by atoms with Crippen LogP contribution in [0.1, 0.15) is 43.4 Å². The Morgan fingerprint density at radius 3 is 2.81 bits per heavy atom. The number of halogens is 1. The Balaban J connectivity index is 2.21. The van der Waals surface area contributed by atoms with E-state index >= 15 is 0 Å². The molecule has 1 saturated heterocycles. The fourth-order valence-electron chi connectivity index (χ4n) is 2.87. The first-order chi connectivity index (χ1) is 10.0. The highest BCUT2D eigenvalue weighted by molar-refractivity contribution is 5.56. The zero-order valence-electron chi connectivity index (χ0n) is 13.6. The lowest BCUT2D eigenvalue weighted by atomic mass is 10.0. The Bertz CT molecular complexity index is 472. The third kappa shape index (κ3) is 3.95. The number of hydrogen-bond acceptors (Lipinski definition) is 3. The van der Waals surface area contributed by atoms with Crippen molar-refractivity contribution >= 4 is 5.69 Å².